The molecule has 3 aromatic carbocycles. The van der Waals surface area contributed by atoms with Gasteiger partial charge in [0, 0.05) is 18.1 Å². The number of rotatable bonds is 4. The number of amides is 3. The van der Waals surface area contributed by atoms with Gasteiger partial charge in [-0.2, -0.15) is 0 Å². The lowest BCUT2D eigenvalue weighted by Gasteiger charge is -2.17. The van der Waals surface area contributed by atoms with Crippen molar-refractivity contribution in [1.82, 2.24) is 9.97 Å². The first-order valence-electron chi connectivity index (χ1n) is 8.66. The van der Waals surface area contributed by atoms with Crippen molar-refractivity contribution in [2.75, 3.05) is 10.2 Å². The predicted molar refractivity (Wildman–Crippen MR) is 109 cm³/mol. The van der Waals surface area contributed by atoms with Crippen molar-refractivity contribution in [3.05, 3.63) is 85.2 Å². The zero-order valence-electron chi connectivity index (χ0n) is 14.8. The zero-order chi connectivity index (χ0) is 19.3. The number of aromatic nitrogens is 2. The lowest BCUT2D eigenvalue weighted by atomic mass is 10.1. The normalized spacial score (nSPS) is 10.4. The van der Waals surface area contributed by atoms with Crippen molar-refractivity contribution in [1.29, 1.82) is 0 Å². The molecule has 0 aliphatic rings. The summed E-state index contributed by atoms with van der Waals surface area (Å²) >= 11 is 0. The van der Waals surface area contributed by atoms with E-state index in [1.165, 1.54) is 0 Å². The van der Waals surface area contributed by atoms with E-state index in [1.54, 1.807) is 36.7 Å². The average Bonchev–Trinajstić information content (AvgIpc) is 2.75. The summed E-state index contributed by atoms with van der Waals surface area (Å²) in [6.45, 7) is 0. The lowest BCUT2D eigenvalue weighted by Crippen LogP contribution is -2.33. The largest absolute Gasteiger partial charge is 0.332 e. The molecule has 1 aromatic heterocycles. The molecule has 0 saturated heterocycles. The van der Waals surface area contributed by atoms with E-state index in [2.05, 4.69) is 15.3 Å². The predicted octanol–water partition coefficient (Wildman–Crippen LogP) is 4.49. The van der Waals surface area contributed by atoms with Crippen LogP contribution in [0, 0.1) is 0 Å². The van der Waals surface area contributed by atoms with Gasteiger partial charge in [0.15, 0.2) is 0 Å². The molecular weight excluding hydrogens is 352 g/mol. The smallest absolute Gasteiger partial charge is 0.307 e. The van der Waals surface area contributed by atoms with Crippen LogP contribution in [0.5, 0.6) is 0 Å². The highest BCUT2D eigenvalue weighted by Gasteiger charge is 2.16. The molecule has 0 spiro atoms. The summed E-state index contributed by atoms with van der Waals surface area (Å²) in [7, 11) is 0. The molecule has 0 saturated carbocycles. The fraction of sp³-hybridized carbons (Fsp3) is 0. The highest BCUT2D eigenvalue weighted by molar-refractivity contribution is 6.12. The summed E-state index contributed by atoms with van der Waals surface area (Å²) in [5, 5.41) is 2.77. The van der Waals surface area contributed by atoms with Gasteiger partial charge in [0.2, 0.25) is 6.41 Å². The standard InChI is InChI=1S/C22H16N4O2/c27-15-26(19-9-10-20-21(14-19)24-12-11-23-20)22(28)25-18-8-4-7-17(13-18)16-5-2-1-3-6-16/h1-15H,(H,25,28). The van der Waals surface area contributed by atoms with Crippen LogP contribution in [-0.4, -0.2) is 22.4 Å². The molecule has 28 heavy (non-hydrogen) atoms. The van der Waals surface area contributed by atoms with Gasteiger partial charge in [0.05, 0.1) is 16.7 Å². The van der Waals surface area contributed by atoms with E-state index in [-0.39, 0.29) is 0 Å². The van der Waals surface area contributed by atoms with Crippen LogP contribution >= 0.6 is 0 Å². The van der Waals surface area contributed by atoms with Crippen LogP contribution < -0.4 is 10.2 Å². The van der Waals surface area contributed by atoms with Crippen molar-refractivity contribution in [2.45, 2.75) is 0 Å². The van der Waals surface area contributed by atoms with E-state index in [0.717, 1.165) is 16.0 Å². The maximum absolute atomic E-state index is 12.7. The third kappa shape index (κ3) is 3.57. The number of carbonyl (C=O) groups excluding carboxylic acids is 2. The zero-order valence-corrected chi connectivity index (χ0v) is 14.8. The van der Waals surface area contributed by atoms with Crippen molar-refractivity contribution < 1.29 is 9.59 Å². The van der Waals surface area contributed by atoms with Gasteiger partial charge in [-0.1, -0.05) is 42.5 Å². The van der Waals surface area contributed by atoms with E-state index in [9.17, 15) is 9.59 Å². The number of nitrogens with zero attached hydrogens (tertiary/aromatic N) is 3. The van der Waals surface area contributed by atoms with Gasteiger partial charge in [0.25, 0.3) is 0 Å². The Balaban J connectivity index is 1.58. The van der Waals surface area contributed by atoms with Crippen molar-refractivity contribution in [2.24, 2.45) is 0 Å². The summed E-state index contributed by atoms with van der Waals surface area (Å²) in [6, 6.07) is 21.8. The van der Waals surface area contributed by atoms with Gasteiger partial charge in [-0.25, -0.2) is 9.69 Å². The lowest BCUT2D eigenvalue weighted by molar-refractivity contribution is -0.106. The Kier molecular flexibility index (Phi) is 4.76. The second-order valence-corrected chi connectivity index (χ2v) is 6.08. The summed E-state index contributed by atoms with van der Waals surface area (Å²) in [5.74, 6) is 0. The molecule has 6 nitrogen and oxygen atoms in total. The highest BCUT2D eigenvalue weighted by Crippen LogP contribution is 2.23. The maximum atomic E-state index is 12.7. The molecule has 3 amide bonds. The molecule has 4 rings (SSSR count). The van der Waals surface area contributed by atoms with Crippen LogP contribution in [0.4, 0.5) is 16.2 Å². The number of fused-ring (bicyclic) bond motifs is 1. The molecule has 0 fully saturated rings. The fourth-order valence-corrected chi connectivity index (χ4v) is 2.92. The molecule has 0 atom stereocenters. The Morgan fingerprint density at radius 2 is 1.57 bits per heavy atom. The van der Waals surface area contributed by atoms with Gasteiger partial charge in [0.1, 0.15) is 0 Å². The molecule has 0 radical (unpaired) electrons. The molecule has 1 heterocycles. The Hall–Kier alpha value is -4.06. The molecule has 0 aliphatic carbocycles. The van der Waals surface area contributed by atoms with Crippen LogP contribution in [0.3, 0.4) is 0 Å². The van der Waals surface area contributed by atoms with E-state index >= 15 is 0 Å². The second kappa shape index (κ2) is 7.67. The van der Waals surface area contributed by atoms with Gasteiger partial charge in [-0.05, 0) is 41.5 Å². The highest BCUT2D eigenvalue weighted by atomic mass is 16.2. The number of urea groups is 1. The fourth-order valence-electron chi connectivity index (χ4n) is 2.92. The molecule has 0 unspecified atom stereocenters. The van der Waals surface area contributed by atoms with Gasteiger partial charge in [-0.3, -0.25) is 14.8 Å². The summed E-state index contributed by atoms with van der Waals surface area (Å²) in [4.78, 5) is 33.7. The van der Waals surface area contributed by atoms with Crippen LogP contribution in [0.2, 0.25) is 0 Å². The number of carbonyl (C=O) groups is 2. The van der Waals surface area contributed by atoms with E-state index in [0.29, 0.717) is 28.8 Å². The Morgan fingerprint density at radius 1 is 0.821 bits per heavy atom. The van der Waals surface area contributed by atoms with Crippen molar-refractivity contribution in [3.63, 3.8) is 0 Å². The summed E-state index contributed by atoms with van der Waals surface area (Å²) in [6.07, 6.45) is 3.63. The van der Waals surface area contributed by atoms with E-state index in [1.807, 2.05) is 48.5 Å². The van der Waals surface area contributed by atoms with E-state index in [4.69, 9.17) is 0 Å². The van der Waals surface area contributed by atoms with Crippen molar-refractivity contribution >= 4 is 34.8 Å². The van der Waals surface area contributed by atoms with Gasteiger partial charge >= 0.3 is 6.03 Å². The first-order chi connectivity index (χ1) is 13.7. The van der Waals surface area contributed by atoms with Crippen molar-refractivity contribution in [3.8, 4) is 11.1 Å². The molecule has 136 valence electrons. The second-order valence-electron chi connectivity index (χ2n) is 6.08. The first-order valence-corrected chi connectivity index (χ1v) is 8.66. The number of benzene rings is 3. The molecule has 0 aliphatic heterocycles. The van der Waals surface area contributed by atoms with E-state index < -0.39 is 6.03 Å². The first kappa shape index (κ1) is 17.4. The minimum Gasteiger partial charge on any atom is -0.307 e. The minimum absolute atomic E-state index is 0.416. The Labute approximate surface area is 161 Å². The summed E-state index contributed by atoms with van der Waals surface area (Å²) in [5.41, 5.74) is 4.31. The molecule has 6 heteroatoms. The average molecular weight is 368 g/mol. The SMILES string of the molecule is O=CN(C(=O)Nc1cccc(-c2ccccc2)c1)c1ccc2nccnc2c1. The quantitative estimate of drug-likeness (QED) is 0.539. The molecule has 0 bridgehead atoms. The molecule has 4 aromatic rings. The van der Waals surface area contributed by atoms with Crippen LogP contribution in [0.15, 0.2) is 85.2 Å². The maximum Gasteiger partial charge on any atom is 0.332 e. The van der Waals surface area contributed by atoms with Gasteiger partial charge in [-0.15, -0.1) is 0 Å². The number of anilines is 2. The Morgan fingerprint density at radius 3 is 2.36 bits per heavy atom. The molecular formula is C22H16N4O2. The number of hydrogen-bond acceptors (Lipinski definition) is 4. The van der Waals surface area contributed by atoms with Crippen LogP contribution in [0.25, 0.3) is 22.2 Å². The molecule has 1 N–H and O–H groups in total. The number of imide groups is 1. The minimum atomic E-state index is -0.552. The van der Waals surface area contributed by atoms with Gasteiger partial charge < -0.3 is 5.32 Å². The van der Waals surface area contributed by atoms with Crippen LogP contribution in [0.1, 0.15) is 0 Å². The number of hydrogen-bond donors (Lipinski definition) is 1. The summed E-state index contributed by atoms with van der Waals surface area (Å²) < 4.78 is 0. The van der Waals surface area contributed by atoms with Crippen LogP contribution in [-0.2, 0) is 4.79 Å². The third-order valence-electron chi connectivity index (χ3n) is 4.28. The topological polar surface area (TPSA) is 75.2 Å². The Bertz CT molecular complexity index is 1150. The monoisotopic (exact) mass is 368 g/mol. The number of nitrogens with one attached hydrogen (secondary N) is 1. The third-order valence-corrected chi connectivity index (χ3v) is 4.28.